The lowest BCUT2D eigenvalue weighted by Crippen LogP contribution is -2.46. The summed E-state index contributed by atoms with van der Waals surface area (Å²) in [6.07, 6.45) is 2.12. The van der Waals surface area contributed by atoms with E-state index in [2.05, 4.69) is 5.32 Å². The molecule has 134 valence electrons. The van der Waals surface area contributed by atoms with E-state index >= 15 is 0 Å². The zero-order chi connectivity index (χ0) is 17.8. The second kappa shape index (κ2) is 7.59. The molecule has 0 radical (unpaired) electrons. The van der Waals surface area contributed by atoms with E-state index in [1.54, 1.807) is 23.9 Å². The quantitative estimate of drug-likeness (QED) is 0.927. The van der Waals surface area contributed by atoms with E-state index in [9.17, 15) is 9.59 Å². The molecule has 25 heavy (non-hydrogen) atoms. The number of furan rings is 1. The molecule has 2 aromatic rings. The highest BCUT2D eigenvalue weighted by atomic mass is 16.3. The Labute approximate surface area is 147 Å². The Bertz CT molecular complexity index is 712. The van der Waals surface area contributed by atoms with Crippen LogP contribution in [0.5, 0.6) is 0 Å². The van der Waals surface area contributed by atoms with Crippen molar-refractivity contribution >= 4 is 22.9 Å². The first kappa shape index (κ1) is 17.3. The van der Waals surface area contributed by atoms with E-state index in [1.165, 1.54) is 0 Å². The average molecular weight is 343 g/mol. The van der Waals surface area contributed by atoms with Gasteiger partial charge in [-0.2, -0.15) is 0 Å². The van der Waals surface area contributed by atoms with Gasteiger partial charge < -0.3 is 19.5 Å². The molecular formula is C19H25N3O3. The van der Waals surface area contributed by atoms with Gasteiger partial charge in [-0.15, -0.1) is 0 Å². The van der Waals surface area contributed by atoms with E-state index in [0.717, 1.165) is 29.6 Å². The number of urea groups is 1. The number of rotatable bonds is 4. The molecule has 0 bridgehead atoms. The topological polar surface area (TPSA) is 65.8 Å². The number of likely N-dealkylation sites (tertiary alicyclic amines) is 1. The maximum atomic E-state index is 12.3. The monoisotopic (exact) mass is 343 g/mol. The van der Waals surface area contributed by atoms with E-state index < -0.39 is 0 Å². The molecule has 0 saturated carbocycles. The first-order valence-corrected chi connectivity index (χ1v) is 8.76. The van der Waals surface area contributed by atoms with Crippen molar-refractivity contribution in [3.05, 3.63) is 36.1 Å². The first-order valence-electron chi connectivity index (χ1n) is 8.76. The Hall–Kier alpha value is -2.50. The summed E-state index contributed by atoms with van der Waals surface area (Å²) in [6, 6.07) is 9.93. The number of fused-ring (bicyclic) bond motifs is 1. The largest absolute Gasteiger partial charge is 0.461 e. The molecule has 1 aliphatic rings. The van der Waals surface area contributed by atoms with Crippen molar-refractivity contribution in [2.45, 2.75) is 19.3 Å². The molecule has 6 heteroatoms. The Morgan fingerprint density at radius 3 is 2.64 bits per heavy atom. The first-order chi connectivity index (χ1) is 12.0. The summed E-state index contributed by atoms with van der Waals surface area (Å²) in [5, 5.41) is 4.08. The number of hydrogen-bond donors (Lipinski definition) is 1. The zero-order valence-corrected chi connectivity index (χ0v) is 14.8. The average Bonchev–Trinajstić information content (AvgIpc) is 3.03. The number of nitrogens with one attached hydrogen (secondary N) is 1. The summed E-state index contributed by atoms with van der Waals surface area (Å²) in [4.78, 5) is 27.6. The van der Waals surface area contributed by atoms with Gasteiger partial charge in [0.15, 0.2) is 0 Å². The SMILES string of the molecule is CN(C)C(=O)N1CCC(C(=O)NCCc2cc3ccccc3o2)CC1. The summed E-state index contributed by atoms with van der Waals surface area (Å²) in [6.45, 7) is 1.84. The van der Waals surface area contributed by atoms with E-state index in [-0.39, 0.29) is 17.9 Å². The smallest absolute Gasteiger partial charge is 0.319 e. The van der Waals surface area contributed by atoms with Gasteiger partial charge in [-0.05, 0) is 25.0 Å². The molecule has 3 amide bonds. The lowest BCUT2D eigenvalue weighted by Gasteiger charge is -2.33. The minimum absolute atomic E-state index is 0.0121. The van der Waals surface area contributed by atoms with Gasteiger partial charge in [0, 0.05) is 51.5 Å². The van der Waals surface area contributed by atoms with Crippen LogP contribution in [0.2, 0.25) is 0 Å². The molecule has 1 aromatic carbocycles. The molecular weight excluding hydrogens is 318 g/mol. The zero-order valence-electron chi connectivity index (χ0n) is 14.8. The third kappa shape index (κ3) is 4.13. The fourth-order valence-electron chi connectivity index (χ4n) is 3.23. The van der Waals surface area contributed by atoms with Crippen molar-refractivity contribution in [3.8, 4) is 0 Å². The van der Waals surface area contributed by atoms with Crippen molar-refractivity contribution in [1.82, 2.24) is 15.1 Å². The molecule has 2 heterocycles. The van der Waals surface area contributed by atoms with Crippen LogP contribution in [-0.2, 0) is 11.2 Å². The molecule has 0 spiro atoms. The molecule has 6 nitrogen and oxygen atoms in total. The number of para-hydroxylation sites is 1. The number of hydrogen-bond acceptors (Lipinski definition) is 3. The summed E-state index contributed by atoms with van der Waals surface area (Å²) in [7, 11) is 3.50. The predicted molar refractivity (Wildman–Crippen MR) is 96.3 cm³/mol. The number of carbonyl (C=O) groups excluding carboxylic acids is 2. The fraction of sp³-hybridized carbons (Fsp3) is 0.474. The highest BCUT2D eigenvalue weighted by Crippen LogP contribution is 2.20. The highest BCUT2D eigenvalue weighted by molar-refractivity contribution is 5.80. The van der Waals surface area contributed by atoms with Crippen molar-refractivity contribution in [2.24, 2.45) is 5.92 Å². The number of nitrogens with zero attached hydrogens (tertiary/aromatic N) is 2. The number of carbonyl (C=O) groups is 2. The van der Waals surface area contributed by atoms with Gasteiger partial charge in [0.05, 0.1) is 0 Å². The van der Waals surface area contributed by atoms with Crippen LogP contribution >= 0.6 is 0 Å². The van der Waals surface area contributed by atoms with Gasteiger partial charge in [-0.1, -0.05) is 18.2 Å². The van der Waals surface area contributed by atoms with Crippen LogP contribution in [0.4, 0.5) is 4.79 Å². The minimum Gasteiger partial charge on any atom is -0.461 e. The summed E-state index contributed by atoms with van der Waals surface area (Å²) >= 11 is 0. The molecule has 1 N–H and O–H groups in total. The fourth-order valence-corrected chi connectivity index (χ4v) is 3.23. The second-order valence-electron chi connectivity index (χ2n) is 6.73. The molecule has 1 aromatic heterocycles. The van der Waals surface area contributed by atoms with Gasteiger partial charge in [-0.3, -0.25) is 4.79 Å². The molecule has 0 aliphatic carbocycles. The van der Waals surface area contributed by atoms with Crippen molar-refractivity contribution in [1.29, 1.82) is 0 Å². The van der Waals surface area contributed by atoms with Gasteiger partial charge >= 0.3 is 6.03 Å². The Morgan fingerprint density at radius 2 is 1.96 bits per heavy atom. The molecule has 0 atom stereocenters. The molecule has 1 aliphatic heterocycles. The highest BCUT2D eigenvalue weighted by Gasteiger charge is 2.27. The maximum absolute atomic E-state index is 12.3. The Kier molecular flexibility index (Phi) is 5.26. The lowest BCUT2D eigenvalue weighted by molar-refractivity contribution is -0.126. The predicted octanol–water partition coefficient (Wildman–Crippen LogP) is 2.49. The Morgan fingerprint density at radius 1 is 1.24 bits per heavy atom. The summed E-state index contributed by atoms with van der Waals surface area (Å²) < 4.78 is 5.76. The van der Waals surface area contributed by atoms with E-state index in [0.29, 0.717) is 26.1 Å². The van der Waals surface area contributed by atoms with Gasteiger partial charge in [0.25, 0.3) is 0 Å². The second-order valence-corrected chi connectivity index (χ2v) is 6.73. The number of piperidine rings is 1. The van der Waals surface area contributed by atoms with Crippen LogP contribution in [0.1, 0.15) is 18.6 Å². The van der Waals surface area contributed by atoms with Crippen molar-refractivity contribution in [2.75, 3.05) is 33.7 Å². The van der Waals surface area contributed by atoms with Crippen LogP contribution in [0.15, 0.2) is 34.7 Å². The van der Waals surface area contributed by atoms with Gasteiger partial charge in [-0.25, -0.2) is 4.79 Å². The van der Waals surface area contributed by atoms with E-state index in [4.69, 9.17) is 4.42 Å². The summed E-state index contributed by atoms with van der Waals surface area (Å²) in [5.41, 5.74) is 0.877. The number of benzene rings is 1. The van der Waals surface area contributed by atoms with Crippen LogP contribution in [0.25, 0.3) is 11.0 Å². The van der Waals surface area contributed by atoms with Crippen molar-refractivity contribution < 1.29 is 14.0 Å². The Balaban J connectivity index is 1.43. The van der Waals surface area contributed by atoms with Gasteiger partial charge in [0.1, 0.15) is 11.3 Å². The normalized spacial score (nSPS) is 15.4. The third-order valence-electron chi connectivity index (χ3n) is 4.67. The summed E-state index contributed by atoms with van der Waals surface area (Å²) in [5.74, 6) is 0.947. The molecule has 1 fully saturated rings. The molecule has 3 rings (SSSR count). The third-order valence-corrected chi connectivity index (χ3v) is 4.67. The minimum atomic E-state index is -0.0121. The number of amides is 3. The standard InChI is InChI=1S/C19H25N3O3/c1-21(2)19(24)22-11-8-14(9-12-22)18(23)20-10-7-16-13-15-5-3-4-6-17(15)25-16/h3-6,13-14H,7-12H2,1-2H3,(H,20,23). The van der Waals surface area contributed by atoms with Crippen LogP contribution in [-0.4, -0.2) is 55.5 Å². The van der Waals surface area contributed by atoms with Crippen LogP contribution < -0.4 is 5.32 Å². The van der Waals surface area contributed by atoms with Crippen LogP contribution in [0.3, 0.4) is 0 Å². The van der Waals surface area contributed by atoms with Crippen LogP contribution in [0, 0.1) is 5.92 Å². The lowest BCUT2D eigenvalue weighted by atomic mass is 9.96. The molecule has 0 unspecified atom stereocenters. The molecule has 1 saturated heterocycles. The van der Waals surface area contributed by atoms with Gasteiger partial charge in [0.2, 0.25) is 5.91 Å². The van der Waals surface area contributed by atoms with E-state index in [1.807, 2.05) is 30.3 Å². The maximum Gasteiger partial charge on any atom is 0.319 e. The van der Waals surface area contributed by atoms with Crippen molar-refractivity contribution in [3.63, 3.8) is 0 Å².